The van der Waals surface area contributed by atoms with Gasteiger partial charge in [-0.15, -0.1) is 11.3 Å². The summed E-state index contributed by atoms with van der Waals surface area (Å²) in [7, 11) is 3.28. The maximum absolute atomic E-state index is 12.9. The molecule has 0 radical (unpaired) electrons. The molecule has 0 saturated heterocycles. The number of allylic oxidation sites excluding steroid dienone is 1. The molecule has 9 heteroatoms. The van der Waals surface area contributed by atoms with Gasteiger partial charge in [0.05, 0.1) is 17.9 Å². The van der Waals surface area contributed by atoms with E-state index < -0.39 is 11.9 Å². The van der Waals surface area contributed by atoms with Gasteiger partial charge in [-0.2, -0.15) is 0 Å². The molecule has 1 aromatic carbocycles. The lowest BCUT2D eigenvalue weighted by Crippen LogP contribution is -2.46. The van der Waals surface area contributed by atoms with Crippen LogP contribution >= 0.6 is 11.3 Å². The zero-order chi connectivity index (χ0) is 26.1. The van der Waals surface area contributed by atoms with Crippen LogP contribution in [0.4, 0.5) is 5.13 Å². The molecule has 0 aliphatic heterocycles. The Labute approximate surface area is 215 Å². The summed E-state index contributed by atoms with van der Waals surface area (Å²) >= 11 is 1.27. The number of aryl methyl sites for hydroxylation is 1. The quantitative estimate of drug-likeness (QED) is 0.338. The molecule has 0 bridgehead atoms. The zero-order valence-electron chi connectivity index (χ0n) is 21.0. The van der Waals surface area contributed by atoms with E-state index in [1.54, 1.807) is 23.0 Å². The summed E-state index contributed by atoms with van der Waals surface area (Å²) in [6.45, 7) is 3.99. The van der Waals surface area contributed by atoms with Gasteiger partial charge in [-0.25, -0.2) is 4.98 Å². The minimum atomic E-state index is -0.891. The van der Waals surface area contributed by atoms with Gasteiger partial charge in [-0.1, -0.05) is 37.6 Å². The van der Waals surface area contributed by atoms with Gasteiger partial charge < -0.3 is 19.9 Å². The number of hydrogen-bond acceptors (Lipinski definition) is 6. The Hall–Kier alpha value is -3.56. The van der Waals surface area contributed by atoms with Crippen molar-refractivity contribution in [3.05, 3.63) is 64.8 Å². The number of Topliss-reactive ketones (excluding diaryl/α,β-unsaturated/α-hetero) is 1. The molecule has 8 nitrogen and oxygen atoms in total. The van der Waals surface area contributed by atoms with Gasteiger partial charge in [0.15, 0.2) is 10.9 Å². The Morgan fingerprint density at radius 3 is 2.72 bits per heavy atom. The van der Waals surface area contributed by atoms with Crippen LogP contribution in [0.5, 0.6) is 0 Å². The zero-order valence-corrected chi connectivity index (χ0v) is 21.9. The Morgan fingerprint density at radius 2 is 2.06 bits per heavy atom. The van der Waals surface area contributed by atoms with Crippen LogP contribution in [-0.4, -0.2) is 46.9 Å². The lowest BCUT2D eigenvalue weighted by molar-refractivity contribution is -0.119. The summed E-state index contributed by atoms with van der Waals surface area (Å²) in [5, 5.41) is 7.69. The number of aromatic nitrogens is 2. The van der Waals surface area contributed by atoms with Gasteiger partial charge in [0.1, 0.15) is 6.04 Å². The molecule has 0 fully saturated rings. The summed E-state index contributed by atoms with van der Waals surface area (Å²) in [5.74, 6) is -0.692. The molecule has 0 aliphatic carbocycles. The third-order valence-electron chi connectivity index (χ3n) is 5.54. The third-order valence-corrected chi connectivity index (χ3v) is 6.29. The van der Waals surface area contributed by atoms with Crippen molar-refractivity contribution < 1.29 is 19.1 Å². The predicted molar refractivity (Wildman–Crippen MR) is 143 cm³/mol. The van der Waals surface area contributed by atoms with Crippen LogP contribution in [-0.2, 0) is 16.6 Å². The normalized spacial score (nSPS) is 12.0. The number of nitrogens with one attached hydrogen (secondary N) is 2. The van der Waals surface area contributed by atoms with E-state index in [0.29, 0.717) is 28.4 Å². The fraction of sp³-hybridized carbons (Fsp3) is 0.333. The fourth-order valence-corrected chi connectivity index (χ4v) is 4.36. The van der Waals surface area contributed by atoms with Crippen molar-refractivity contribution >= 4 is 40.1 Å². The average Bonchev–Trinajstić information content (AvgIpc) is 3.51. The van der Waals surface area contributed by atoms with E-state index in [0.717, 1.165) is 24.0 Å². The lowest BCUT2D eigenvalue weighted by atomic mass is 9.96. The number of unbranched alkanes of at least 4 members (excludes halogenated alkanes) is 1. The minimum Gasteiger partial charge on any atom is -0.382 e. The first-order valence-corrected chi connectivity index (χ1v) is 12.7. The Balaban J connectivity index is 1.75. The van der Waals surface area contributed by atoms with Crippen LogP contribution < -0.4 is 10.6 Å². The molecule has 3 aromatic rings. The number of hydrogen-bond donors (Lipinski definition) is 2. The van der Waals surface area contributed by atoms with E-state index in [1.165, 1.54) is 18.4 Å². The Kier molecular flexibility index (Phi) is 9.72. The molecule has 36 heavy (non-hydrogen) atoms. The maximum Gasteiger partial charge on any atom is 0.253 e. The number of carbonyl (C=O) groups excluding carboxylic acids is 3. The van der Waals surface area contributed by atoms with E-state index in [1.807, 2.05) is 49.7 Å². The molecule has 1 unspecified atom stereocenters. The highest BCUT2D eigenvalue weighted by molar-refractivity contribution is 7.14. The number of anilines is 1. The largest absolute Gasteiger partial charge is 0.382 e. The van der Waals surface area contributed by atoms with E-state index in [4.69, 9.17) is 4.74 Å². The van der Waals surface area contributed by atoms with Crippen molar-refractivity contribution in [2.24, 2.45) is 7.05 Å². The number of nitrogens with zero attached hydrogens (tertiary/aromatic N) is 2. The number of ketones is 1. The second-order valence-corrected chi connectivity index (χ2v) is 9.26. The third kappa shape index (κ3) is 6.99. The molecule has 0 spiro atoms. The molecule has 1 atom stereocenters. The second-order valence-electron chi connectivity index (χ2n) is 8.40. The molecular formula is C27H32N4O4S. The standard InChI is InChI=1S/C27H32N4O4S/c1-5-7-9-24(32)21-14-19(11-10-18(21)8-6-2)23-17-36-27(29-23)30-26(34)22(16-35-4)28-25(33)20-12-13-31(3)15-20/h6,8,10-15,17,22H,5,7,9,16H2,1-4H3,(H,28,33)(H,29,30,34)/b8-6-. The Morgan fingerprint density at radius 1 is 1.25 bits per heavy atom. The highest BCUT2D eigenvalue weighted by atomic mass is 32.1. The van der Waals surface area contributed by atoms with E-state index >= 15 is 0 Å². The highest BCUT2D eigenvalue weighted by Crippen LogP contribution is 2.28. The summed E-state index contributed by atoms with van der Waals surface area (Å²) in [5.41, 5.74) is 3.45. The fourth-order valence-electron chi connectivity index (χ4n) is 3.64. The first kappa shape index (κ1) is 27.0. The van der Waals surface area contributed by atoms with E-state index in [-0.39, 0.29) is 18.3 Å². The van der Waals surface area contributed by atoms with Gasteiger partial charge in [0.2, 0.25) is 0 Å². The number of benzene rings is 1. The van der Waals surface area contributed by atoms with E-state index in [9.17, 15) is 14.4 Å². The lowest BCUT2D eigenvalue weighted by Gasteiger charge is -2.16. The topological polar surface area (TPSA) is 102 Å². The Bertz CT molecular complexity index is 1240. The molecule has 2 heterocycles. The van der Waals surface area contributed by atoms with E-state index in [2.05, 4.69) is 22.5 Å². The first-order chi connectivity index (χ1) is 17.4. The molecule has 2 amide bonds. The van der Waals surface area contributed by atoms with Crippen LogP contribution in [0.2, 0.25) is 0 Å². The molecule has 0 saturated carbocycles. The van der Waals surface area contributed by atoms with Crippen molar-refractivity contribution in [1.82, 2.24) is 14.9 Å². The monoisotopic (exact) mass is 508 g/mol. The molecule has 3 rings (SSSR count). The van der Waals surface area contributed by atoms with Gasteiger partial charge in [0.25, 0.3) is 11.8 Å². The predicted octanol–water partition coefficient (Wildman–Crippen LogP) is 4.94. The molecule has 0 aliphatic rings. The van der Waals surface area contributed by atoms with Crippen molar-refractivity contribution in [1.29, 1.82) is 0 Å². The van der Waals surface area contributed by atoms with Crippen LogP contribution in [0.25, 0.3) is 17.3 Å². The number of carbonyl (C=O) groups is 3. The SMILES string of the molecule is C/C=C\c1ccc(-c2csc(NC(=O)C(COC)NC(=O)c3ccn(C)c3)n2)cc1C(=O)CCCC. The molecule has 2 aromatic heterocycles. The maximum atomic E-state index is 12.9. The number of rotatable bonds is 12. The van der Waals surface area contributed by atoms with Crippen LogP contribution in [0.15, 0.2) is 48.1 Å². The number of amides is 2. The second kappa shape index (κ2) is 12.9. The van der Waals surface area contributed by atoms with Crippen LogP contribution in [0.1, 0.15) is 59.4 Å². The van der Waals surface area contributed by atoms with Crippen molar-refractivity contribution in [2.45, 2.75) is 39.2 Å². The summed E-state index contributed by atoms with van der Waals surface area (Å²) in [6, 6.07) is 6.48. The average molecular weight is 509 g/mol. The number of thiazole rings is 1. The number of ether oxygens (including phenoxy) is 1. The van der Waals surface area contributed by atoms with Crippen molar-refractivity contribution in [2.75, 3.05) is 19.0 Å². The molecule has 2 N–H and O–H groups in total. The van der Waals surface area contributed by atoms with Gasteiger partial charge >= 0.3 is 0 Å². The number of methoxy groups -OCH3 is 1. The van der Waals surface area contributed by atoms with Gasteiger partial charge in [-0.05, 0) is 31.0 Å². The molecular weight excluding hydrogens is 476 g/mol. The smallest absolute Gasteiger partial charge is 0.253 e. The van der Waals surface area contributed by atoms with Gasteiger partial charge in [0, 0.05) is 49.5 Å². The summed E-state index contributed by atoms with van der Waals surface area (Å²) < 4.78 is 6.89. The first-order valence-electron chi connectivity index (χ1n) is 11.8. The van der Waals surface area contributed by atoms with Crippen LogP contribution in [0.3, 0.4) is 0 Å². The summed E-state index contributed by atoms with van der Waals surface area (Å²) in [4.78, 5) is 42.7. The van der Waals surface area contributed by atoms with Crippen LogP contribution in [0, 0.1) is 0 Å². The molecule has 190 valence electrons. The minimum absolute atomic E-state index is 0.0122. The summed E-state index contributed by atoms with van der Waals surface area (Å²) in [6.07, 6.45) is 9.56. The van der Waals surface area contributed by atoms with Crippen molar-refractivity contribution in [3.8, 4) is 11.3 Å². The van der Waals surface area contributed by atoms with Crippen molar-refractivity contribution in [3.63, 3.8) is 0 Å². The van der Waals surface area contributed by atoms with Gasteiger partial charge in [-0.3, -0.25) is 14.4 Å². The highest BCUT2D eigenvalue weighted by Gasteiger charge is 2.23.